The summed E-state index contributed by atoms with van der Waals surface area (Å²) in [5.41, 5.74) is 14.1. The zero-order valence-corrected chi connectivity index (χ0v) is 17.6. The zero-order valence-electron chi connectivity index (χ0n) is 14.4. The summed E-state index contributed by atoms with van der Waals surface area (Å²) in [6, 6.07) is 19.1. The number of nitrogens with one attached hydrogen (secondary N) is 2. The Bertz CT molecular complexity index is 982. The van der Waals surface area contributed by atoms with E-state index in [1.807, 2.05) is 55.5 Å². The summed E-state index contributed by atoms with van der Waals surface area (Å²) < 4.78 is 0.690. The van der Waals surface area contributed by atoms with Gasteiger partial charge in [-0.2, -0.15) is 0 Å². The number of hydrogen-bond donors (Lipinski definition) is 3. The molecule has 0 aromatic heterocycles. The third kappa shape index (κ3) is 4.97. The predicted molar refractivity (Wildman–Crippen MR) is 116 cm³/mol. The molecule has 1 amide bonds. The van der Waals surface area contributed by atoms with E-state index >= 15 is 0 Å². The van der Waals surface area contributed by atoms with Crippen molar-refractivity contribution in [3.8, 4) is 0 Å². The highest BCUT2D eigenvalue weighted by Crippen LogP contribution is 2.34. The van der Waals surface area contributed by atoms with Crippen LogP contribution in [0.3, 0.4) is 0 Å². The summed E-state index contributed by atoms with van der Waals surface area (Å²) >= 11 is 11.1. The molecule has 4 nitrogen and oxygen atoms in total. The largest absolute Gasteiger partial charge is 0.397 e. The molecule has 27 heavy (non-hydrogen) atoms. The molecule has 0 radical (unpaired) electrons. The Morgan fingerprint density at radius 3 is 2.59 bits per heavy atom. The van der Waals surface area contributed by atoms with Crippen LogP contribution < -0.4 is 16.6 Å². The molecule has 0 unspecified atom stereocenters. The molecule has 0 bridgehead atoms. The first-order valence-electron chi connectivity index (χ1n) is 8.08. The molecule has 0 fully saturated rings. The number of carbonyl (C=O) groups excluding carboxylic acids is 1. The van der Waals surface area contributed by atoms with E-state index in [1.165, 1.54) is 0 Å². The normalized spacial score (nSPS) is 10.5. The Balaban J connectivity index is 1.80. The zero-order chi connectivity index (χ0) is 19.4. The maximum Gasteiger partial charge on any atom is 0.271 e. The minimum Gasteiger partial charge on any atom is -0.397 e. The van der Waals surface area contributed by atoms with Crippen LogP contribution in [0.1, 0.15) is 15.9 Å². The molecule has 3 aromatic rings. The number of amides is 1. The van der Waals surface area contributed by atoms with Gasteiger partial charge in [0, 0.05) is 19.3 Å². The number of rotatable bonds is 5. The Morgan fingerprint density at radius 1 is 1.11 bits per heavy atom. The third-order valence-electron chi connectivity index (χ3n) is 3.74. The van der Waals surface area contributed by atoms with Crippen LogP contribution >= 0.6 is 39.3 Å². The van der Waals surface area contributed by atoms with Gasteiger partial charge < -0.3 is 5.73 Å². The SMILES string of the molecule is Cc1cc(Br)c(N)c(C(=O)NNc2cc(Cl)ccc2Sc2ccccc2)c1. The summed E-state index contributed by atoms with van der Waals surface area (Å²) in [6.07, 6.45) is 0. The smallest absolute Gasteiger partial charge is 0.271 e. The lowest BCUT2D eigenvalue weighted by Crippen LogP contribution is -2.30. The summed E-state index contributed by atoms with van der Waals surface area (Å²) in [5, 5.41) is 0.571. The lowest BCUT2D eigenvalue weighted by Gasteiger charge is -2.15. The number of aryl methyl sites for hydroxylation is 1. The number of benzene rings is 3. The van der Waals surface area contributed by atoms with Crippen LogP contribution in [0.4, 0.5) is 11.4 Å². The first-order chi connectivity index (χ1) is 12.9. The molecule has 7 heteroatoms. The van der Waals surface area contributed by atoms with Crippen molar-refractivity contribution in [1.29, 1.82) is 0 Å². The Hall–Kier alpha value is -2.15. The van der Waals surface area contributed by atoms with Gasteiger partial charge in [-0.25, -0.2) is 0 Å². The third-order valence-corrected chi connectivity index (χ3v) is 5.72. The second-order valence-electron chi connectivity index (χ2n) is 5.84. The Kier molecular flexibility index (Phi) is 6.31. The molecule has 0 saturated heterocycles. The molecule has 0 aliphatic carbocycles. The molecule has 0 heterocycles. The number of nitrogen functional groups attached to an aromatic ring is 1. The van der Waals surface area contributed by atoms with E-state index in [0.29, 0.717) is 26.4 Å². The van der Waals surface area contributed by atoms with Crippen LogP contribution in [0, 0.1) is 6.92 Å². The number of hydrogen-bond acceptors (Lipinski definition) is 4. The highest BCUT2D eigenvalue weighted by atomic mass is 79.9. The minimum atomic E-state index is -0.326. The van der Waals surface area contributed by atoms with E-state index in [9.17, 15) is 4.79 Å². The van der Waals surface area contributed by atoms with Gasteiger partial charge in [-0.05, 0) is 70.9 Å². The van der Waals surface area contributed by atoms with Crippen molar-refractivity contribution in [2.45, 2.75) is 16.7 Å². The monoisotopic (exact) mass is 461 g/mol. The van der Waals surface area contributed by atoms with Crippen LogP contribution in [0.5, 0.6) is 0 Å². The maximum atomic E-state index is 12.6. The van der Waals surface area contributed by atoms with E-state index in [-0.39, 0.29) is 5.91 Å². The predicted octanol–water partition coefficient (Wildman–Crippen LogP) is 5.90. The standard InChI is InChI=1S/C20H17BrClN3OS/c1-12-9-15(19(23)16(21)10-12)20(26)25-24-17-11-13(22)7-8-18(17)27-14-5-3-2-4-6-14/h2-11,24H,23H2,1H3,(H,25,26). The number of carbonyl (C=O) groups is 1. The summed E-state index contributed by atoms with van der Waals surface area (Å²) in [5.74, 6) is -0.326. The van der Waals surface area contributed by atoms with Gasteiger partial charge in [0.25, 0.3) is 5.91 Å². The molecule has 0 aliphatic rings. The highest BCUT2D eigenvalue weighted by Gasteiger charge is 2.14. The number of anilines is 2. The van der Waals surface area contributed by atoms with Crippen molar-refractivity contribution in [2.24, 2.45) is 0 Å². The van der Waals surface area contributed by atoms with Crippen molar-refractivity contribution < 1.29 is 4.79 Å². The Labute approximate surface area is 175 Å². The van der Waals surface area contributed by atoms with Crippen LogP contribution in [-0.2, 0) is 0 Å². The maximum absolute atomic E-state index is 12.6. The number of hydrazine groups is 1. The summed E-state index contributed by atoms with van der Waals surface area (Å²) in [7, 11) is 0. The van der Waals surface area contributed by atoms with Crippen molar-refractivity contribution in [1.82, 2.24) is 5.43 Å². The average Bonchev–Trinajstić information content (AvgIpc) is 2.65. The van der Waals surface area contributed by atoms with E-state index in [1.54, 1.807) is 23.9 Å². The molecule has 0 saturated carbocycles. The topological polar surface area (TPSA) is 67.2 Å². The quantitative estimate of drug-likeness (QED) is 0.326. The molecule has 0 aliphatic heterocycles. The fraction of sp³-hybridized carbons (Fsp3) is 0.0500. The lowest BCUT2D eigenvalue weighted by molar-refractivity contribution is 0.0963. The molecule has 3 aromatic carbocycles. The molecular formula is C20H17BrClN3OS. The first-order valence-corrected chi connectivity index (χ1v) is 10.1. The van der Waals surface area contributed by atoms with Gasteiger partial charge in [-0.15, -0.1) is 0 Å². The summed E-state index contributed by atoms with van der Waals surface area (Å²) in [6.45, 7) is 1.90. The second-order valence-corrected chi connectivity index (χ2v) is 8.25. The van der Waals surface area contributed by atoms with Crippen molar-refractivity contribution in [3.05, 3.63) is 81.3 Å². The molecule has 0 spiro atoms. The van der Waals surface area contributed by atoms with Gasteiger partial charge in [0.2, 0.25) is 0 Å². The fourth-order valence-corrected chi connectivity index (χ4v) is 4.09. The summed E-state index contributed by atoms with van der Waals surface area (Å²) in [4.78, 5) is 14.6. The van der Waals surface area contributed by atoms with Gasteiger partial charge in [0.05, 0.1) is 16.9 Å². The van der Waals surface area contributed by atoms with Crippen molar-refractivity contribution >= 4 is 56.6 Å². The minimum absolute atomic E-state index is 0.326. The van der Waals surface area contributed by atoms with Gasteiger partial charge in [-0.3, -0.25) is 15.6 Å². The number of nitrogens with two attached hydrogens (primary N) is 1. The van der Waals surface area contributed by atoms with Gasteiger partial charge in [-0.1, -0.05) is 41.6 Å². The van der Waals surface area contributed by atoms with Gasteiger partial charge >= 0.3 is 0 Å². The number of halogens is 2. The van der Waals surface area contributed by atoms with E-state index in [4.69, 9.17) is 17.3 Å². The molecular weight excluding hydrogens is 446 g/mol. The lowest BCUT2D eigenvalue weighted by atomic mass is 10.1. The fourth-order valence-electron chi connectivity index (χ4n) is 2.44. The first kappa shape index (κ1) is 19.6. The van der Waals surface area contributed by atoms with Crippen molar-refractivity contribution in [2.75, 3.05) is 11.2 Å². The van der Waals surface area contributed by atoms with Crippen LogP contribution in [0.25, 0.3) is 0 Å². The van der Waals surface area contributed by atoms with Gasteiger partial charge in [0.15, 0.2) is 0 Å². The molecule has 138 valence electrons. The molecule has 4 N–H and O–H groups in total. The Morgan fingerprint density at radius 2 is 1.85 bits per heavy atom. The molecule has 0 atom stereocenters. The van der Waals surface area contributed by atoms with Crippen LogP contribution in [0.15, 0.2) is 74.9 Å². The van der Waals surface area contributed by atoms with E-state index < -0.39 is 0 Å². The van der Waals surface area contributed by atoms with Crippen molar-refractivity contribution in [3.63, 3.8) is 0 Å². The van der Waals surface area contributed by atoms with Crippen LogP contribution in [0.2, 0.25) is 5.02 Å². The van der Waals surface area contributed by atoms with Gasteiger partial charge in [0.1, 0.15) is 0 Å². The highest BCUT2D eigenvalue weighted by molar-refractivity contribution is 9.10. The average molecular weight is 463 g/mol. The molecule has 3 rings (SSSR count). The van der Waals surface area contributed by atoms with E-state index in [2.05, 4.69) is 26.8 Å². The van der Waals surface area contributed by atoms with E-state index in [0.717, 1.165) is 15.4 Å². The van der Waals surface area contributed by atoms with Crippen LogP contribution in [-0.4, -0.2) is 5.91 Å². The second kappa shape index (κ2) is 8.69.